The summed E-state index contributed by atoms with van der Waals surface area (Å²) in [4.78, 5) is 23.7. The monoisotopic (exact) mass is 287 g/mol. The van der Waals surface area contributed by atoms with Crippen LogP contribution in [0.4, 0.5) is 10.1 Å². The van der Waals surface area contributed by atoms with E-state index in [1.807, 2.05) is 0 Å². The van der Waals surface area contributed by atoms with Crippen molar-refractivity contribution in [3.63, 3.8) is 0 Å². The van der Waals surface area contributed by atoms with Crippen molar-refractivity contribution in [2.24, 2.45) is 0 Å². The Labute approximate surface area is 121 Å². The van der Waals surface area contributed by atoms with Gasteiger partial charge in [-0.25, -0.2) is 9.18 Å². The van der Waals surface area contributed by atoms with Gasteiger partial charge in [-0.15, -0.1) is 0 Å². The summed E-state index contributed by atoms with van der Waals surface area (Å²) in [5, 5.41) is 2.38. The summed E-state index contributed by atoms with van der Waals surface area (Å²) in [6.45, 7) is 1.43. The molecule has 0 heterocycles. The minimum atomic E-state index is -1.03. The number of halogens is 1. The van der Waals surface area contributed by atoms with Gasteiger partial charge in [-0.2, -0.15) is 0 Å². The highest BCUT2D eigenvalue weighted by Crippen LogP contribution is 2.13. The zero-order valence-corrected chi connectivity index (χ0v) is 11.4. The quantitative estimate of drug-likeness (QED) is 0.879. The van der Waals surface area contributed by atoms with E-state index in [0.717, 1.165) is 0 Å². The summed E-state index contributed by atoms with van der Waals surface area (Å²) in [6, 6.07) is 14.1. The normalized spacial score (nSPS) is 11.5. The van der Waals surface area contributed by atoms with Crippen molar-refractivity contribution in [3.8, 4) is 0 Å². The van der Waals surface area contributed by atoms with Crippen molar-refractivity contribution in [2.75, 3.05) is 5.32 Å². The molecule has 108 valence electrons. The topological polar surface area (TPSA) is 55.4 Å². The van der Waals surface area contributed by atoms with Gasteiger partial charge in [-0.1, -0.05) is 30.3 Å². The van der Waals surface area contributed by atoms with E-state index in [0.29, 0.717) is 5.56 Å². The molecule has 0 saturated carbocycles. The minimum Gasteiger partial charge on any atom is -0.449 e. The van der Waals surface area contributed by atoms with Gasteiger partial charge < -0.3 is 10.1 Å². The summed E-state index contributed by atoms with van der Waals surface area (Å²) in [6.07, 6.45) is -1.03. The van der Waals surface area contributed by atoms with Crippen LogP contribution >= 0.6 is 0 Å². The molecule has 0 aliphatic carbocycles. The number of carbonyl (C=O) groups excluding carboxylic acids is 2. The molecule has 0 fully saturated rings. The standard InChI is InChI=1S/C16H14FNO3/c1-11(21-16(20)12-7-3-2-4-8-12)15(19)18-14-10-6-5-9-13(14)17/h2-11H,1H3,(H,18,19)/t11-/m0/s1. The Morgan fingerprint density at radius 2 is 1.67 bits per heavy atom. The van der Waals surface area contributed by atoms with Gasteiger partial charge in [0.15, 0.2) is 6.10 Å². The first-order chi connectivity index (χ1) is 10.1. The van der Waals surface area contributed by atoms with E-state index in [-0.39, 0.29) is 5.69 Å². The van der Waals surface area contributed by atoms with Gasteiger partial charge in [0.1, 0.15) is 5.82 Å². The molecule has 0 spiro atoms. The third-order valence-corrected chi connectivity index (χ3v) is 2.79. The number of carbonyl (C=O) groups is 2. The van der Waals surface area contributed by atoms with Crippen LogP contribution in [0.1, 0.15) is 17.3 Å². The molecule has 21 heavy (non-hydrogen) atoms. The number of ether oxygens (including phenoxy) is 1. The predicted octanol–water partition coefficient (Wildman–Crippen LogP) is 3.01. The van der Waals surface area contributed by atoms with Crippen LogP contribution in [0, 0.1) is 5.82 Å². The van der Waals surface area contributed by atoms with Crippen molar-refractivity contribution < 1.29 is 18.7 Å². The molecule has 1 amide bonds. The average molecular weight is 287 g/mol. The smallest absolute Gasteiger partial charge is 0.338 e. The molecule has 0 saturated heterocycles. The SMILES string of the molecule is C[C@H](OC(=O)c1ccccc1)C(=O)Nc1ccccc1F. The van der Waals surface area contributed by atoms with Gasteiger partial charge >= 0.3 is 5.97 Å². The predicted molar refractivity (Wildman–Crippen MR) is 76.3 cm³/mol. The van der Waals surface area contributed by atoms with Gasteiger partial charge in [0.2, 0.25) is 0 Å². The van der Waals surface area contributed by atoms with Crippen LogP contribution in [0.15, 0.2) is 54.6 Å². The molecule has 0 aliphatic heterocycles. The largest absolute Gasteiger partial charge is 0.449 e. The zero-order valence-electron chi connectivity index (χ0n) is 11.4. The first kappa shape index (κ1) is 14.7. The van der Waals surface area contributed by atoms with E-state index in [4.69, 9.17) is 4.74 Å². The second kappa shape index (κ2) is 6.65. The summed E-state index contributed by atoms with van der Waals surface area (Å²) < 4.78 is 18.5. The van der Waals surface area contributed by atoms with E-state index in [1.54, 1.807) is 36.4 Å². The van der Waals surface area contributed by atoms with Gasteiger partial charge in [-0.3, -0.25) is 4.79 Å². The molecular weight excluding hydrogens is 273 g/mol. The number of benzene rings is 2. The van der Waals surface area contributed by atoms with E-state index in [1.165, 1.54) is 25.1 Å². The van der Waals surface area contributed by atoms with Crippen LogP contribution < -0.4 is 5.32 Å². The van der Waals surface area contributed by atoms with E-state index in [2.05, 4.69) is 5.32 Å². The molecular formula is C16H14FNO3. The lowest BCUT2D eigenvalue weighted by atomic mass is 10.2. The Bertz CT molecular complexity index is 643. The fraction of sp³-hybridized carbons (Fsp3) is 0.125. The zero-order chi connectivity index (χ0) is 15.2. The first-order valence-corrected chi connectivity index (χ1v) is 6.39. The Balaban J connectivity index is 1.97. The van der Waals surface area contributed by atoms with Gasteiger partial charge in [0.25, 0.3) is 5.91 Å². The lowest BCUT2D eigenvalue weighted by molar-refractivity contribution is -0.123. The molecule has 0 aliphatic rings. The highest BCUT2D eigenvalue weighted by molar-refractivity contribution is 5.97. The molecule has 1 atom stereocenters. The second-order valence-corrected chi connectivity index (χ2v) is 4.38. The number of esters is 1. The van der Waals surface area contributed by atoms with Crippen LogP contribution in [0.2, 0.25) is 0 Å². The first-order valence-electron chi connectivity index (χ1n) is 6.39. The van der Waals surface area contributed by atoms with Gasteiger partial charge in [0.05, 0.1) is 11.3 Å². The van der Waals surface area contributed by atoms with Gasteiger partial charge in [-0.05, 0) is 31.2 Å². The number of anilines is 1. The molecule has 0 aromatic heterocycles. The molecule has 2 aromatic rings. The van der Waals surface area contributed by atoms with Crippen molar-refractivity contribution in [2.45, 2.75) is 13.0 Å². The highest BCUT2D eigenvalue weighted by Gasteiger charge is 2.19. The van der Waals surface area contributed by atoms with Crippen LogP contribution in [0.3, 0.4) is 0 Å². The molecule has 0 radical (unpaired) electrons. The molecule has 5 heteroatoms. The summed E-state index contributed by atoms with van der Waals surface area (Å²) >= 11 is 0. The van der Waals surface area contributed by atoms with E-state index < -0.39 is 23.8 Å². The summed E-state index contributed by atoms with van der Waals surface area (Å²) in [7, 11) is 0. The molecule has 2 aromatic carbocycles. The van der Waals surface area contributed by atoms with Crippen molar-refractivity contribution in [1.82, 2.24) is 0 Å². The number of amides is 1. The average Bonchev–Trinajstić information content (AvgIpc) is 2.50. The van der Waals surface area contributed by atoms with Crippen LogP contribution in [-0.2, 0) is 9.53 Å². The lowest BCUT2D eigenvalue weighted by Gasteiger charge is -2.13. The maximum Gasteiger partial charge on any atom is 0.338 e. The van der Waals surface area contributed by atoms with Crippen molar-refractivity contribution in [3.05, 3.63) is 66.0 Å². The number of hydrogen-bond acceptors (Lipinski definition) is 3. The maximum absolute atomic E-state index is 13.4. The van der Waals surface area contributed by atoms with Crippen molar-refractivity contribution >= 4 is 17.6 Å². The number of hydrogen-bond donors (Lipinski definition) is 1. The Morgan fingerprint density at radius 3 is 2.33 bits per heavy atom. The molecule has 2 rings (SSSR count). The van der Waals surface area contributed by atoms with Gasteiger partial charge in [0, 0.05) is 0 Å². The summed E-state index contributed by atoms with van der Waals surface area (Å²) in [5.41, 5.74) is 0.396. The van der Waals surface area contributed by atoms with E-state index >= 15 is 0 Å². The third-order valence-electron chi connectivity index (χ3n) is 2.79. The molecule has 0 unspecified atom stereocenters. The number of nitrogens with one attached hydrogen (secondary N) is 1. The van der Waals surface area contributed by atoms with Crippen LogP contribution in [0.5, 0.6) is 0 Å². The fourth-order valence-electron chi connectivity index (χ4n) is 1.65. The third kappa shape index (κ3) is 3.89. The van der Waals surface area contributed by atoms with Crippen LogP contribution in [0.25, 0.3) is 0 Å². The Morgan fingerprint density at radius 1 is 1.05 bits per heavy atom. The number of para-hydroxylation sites is 1. The maximum atomic E-state index is 13.4. The lowest BCUT2D eigenvalue weighted by Crippen LogP contribution is -2.30. The second-order valence-electron chi connectivity index (χ2n) is 4.38. The minimum absolute atomic E-state index is 0.0464. The molecule has 0 bridgehead atoms. The highest BCUT2D eigenvalue weighted by atomic mass is 19.1. The van der Waals surface area contributed by atoms with Crippen molar-refractivity contribution in [1.29, 1.82) is 0 Å². The molecule has 1 N–H and O–H groups in total. The van der Waals surface area contributed by atoms with Crippen LogP contribution in [-0.4, -0.2) is 18.0 Å². The molecule has 4 nitrogen and oxygen atoms in total. The Hall–Kier alpha value is -2.69. The summed E-state index contributed by atoms with van der Waals surface area (Å²) in [5.74, 6) is -1.75. The number of rotatable bonds is 4. The fourth-order valence-corrected chi connectivity index (χ4v) is 1.65. The Kier molecular flexibility index (Phi) is 4.66. The van der Waals surface area contributed by atoms with E-state index in [9.17, 15) is 14.0 Å².